The average molecular weight is 312 g/mol. The molecule has 0 saturated carbocycles. The Morgan fingerprint density at radius 1 is 1.26 bits per heavy atom. The summed E-state index contributed by atoms with van der Waals surface area (Å²) >= 11 is 0. The van der Waals surface area contributed by atoms with E-state index in [0.717, 1.165) is 11.1 Å². The van der Waals surface area contributed by atoms with Crippen molar-refractivity contribution in [2.24, 2.45) is 0 Å². The number of carboxylic acid groups (broad SMARTS) is 1. The Morgan fingerprint density at radius 2 is 1.96 bits per heavy atom. The van der Waals surface area contributed by atoms with Crippen molar-refractivity contribution in [3.05, 3.63) is 65.0 Å². The van der Waals surface area contributed by atoms with Crippen LogP contribution in [0.2, 0.25) is 0 Å². The molecule has 5 heteroatoms. The Kier molecular flexibility index (Phi) is 3.72. The maximum absolute atomic E-state index is 14.3. The van der Waals surface area contributed by atoms with Crippen LogP contribution in [0.4, 0.5) is 4.39 Å². The first-order chi connectivity index (χ1) is 11.0. The van der Waals surface area contributed by atoms with Crippen molar-refractivity contribution in [3.8, 4) is 0 Å². The van der Waals surface area contributed by atoms with Gasteiger partial charge in [-0.1, -0.05) is 18.2 Å². The summed E-state index contributed by atoms with van der Waals surface area (Å²) < 4.78 is 14.3. The number of halogens is 1. The Bertz CT molecular complexity index is 802. The van der Waals surface area contributed by atoms with E-state index in [9.17, 15) is 14.3 Å². The van der Waals surface area contributed by atoms with Crippen LogP contribution in [0.25, 0.3) is 5.57 Å². The smallest absolute Gasteiger partial charge is 0.318 e. The first kappa shape index (κ1) is 15.3. The maximum atomic E-state index is 14.3. The molecule has 0 fully saturated rings. The van der Waals surface area contributed by atoms with Crippen LogP contribution in [0.15, 0.2) is 36.9 Å². The van der Waals surface area contributed by atoms with E-state index in [1.54, 1.807) is 44.4 Å². The minimum Gasteiger partial charge on any atom is -0.480 e. The Morgan fingerprint density at radius 3 is 2.61 bits per heavy atom. The van der Waals surface area contributed by atoms with E-state index < -0.39 is 11.4 Å². The first-order valence-corrected chi connectivity index (χ1v) is 7.42. The molecule has 0 saturated heterocycles. The molecule has 1 aromatic heterocycles. The Labute approximate surface area is 133 Å². The van der Waals surface area contributed by atoms with Crippen LogP contribution in [0.3, 0.4) is 0 Å². The standard InChI is InChI=1S/C18H17FN2O2/c1-11-3-4-15(12(2)16(11)19)18(17(22)23)6-5-13(7-18)14-8-20-10-21-9-14/h3-4,7-10H,5-6H2,1-2H3,(H,22,23). The van der Waals surface area contributed by atoms with Crippen molar-refractivity contribution in [3.63, 3.8) is 0 Å². The average Bonchev–Trinajstić information content (AvgIpc) is 3.00. The molecule has 0 spiro atoms. The lowest BCUT2D eigenvalue weighted by molar-refractivity contribution is -0.141. The monoisotopic (exact) mass is 312 g/mol. The van der Waals surface area contributed by atoms with Gasteiger partial charge in [0.2, 0.25) is 0 Å². The molecule has 2 aromatic rings. The second-order valence-corrected chi connectivity index (χ2v) is 5.94. The zero-order valence-electron chi connectivity index (χ0n) is 13.0. The highest BCUT2D eigenvalue weighted by atomic mass is 19.1. The topological polar surface area (TPSA) is 63.1 Å². The van der Waals surface area contributed by atoms with Gasteiger partial charge in [-0.05, 0) is 49.0 Å². The highest BCUT2D eigenvalue weighted by Crippen LogP contribution is 2.44. The van der Waals surface area contributed by atoms with Gasteiger partial charge in [0.1, 0.15) is 17.6 Å². The highest BCUT2D eigenvalue weighted by Gasteiger charge is 2.43. The minimum absolute atomic E-state index is 0.340. The summed E-state index contributed by atoms with van der Waals surface area (Å²) in [4.78, 5) is 20.0. The lowest BCUT2D eigenvalue weighted by Crippen LogP contribution is -2.32. The summed E-state index contributed by atoms with van der Waals surface area (Å²) in [5, 5.41) is 9.87. The molecule has 1 N–H and O–H groups in total. The minimum atomic E-state index is -1.20. The van der Waals surface area contributed by atoms with Gasteiger partial charge in [-0.15, -0.1) is 0 Å². The molecule has 0 bridgehead atoms. The lowest BCUT2D eigenvalue weighted by atomic mass is 9.77. The number of benzene rings is 1. The van der Waals surface area contributed by atoms with Crippen LogP contribution in [0.5, 0.6) is 0 Å². The number of hydrogen-bond donors (Lipinski definition) is 1. The van der Waals surface area contributed by atoms with Crippen molar-refractivity contribution >= 4 is 11.5 Å². The van der Waals surface area contributed by atoms with Crippen LogP contribution in [0, 0.1) is 19.7 Å². The van der Waals surface area contributed by atoms with Gasteiger partial charge in [0, 0.05) is 18.0 Å². The number of carbonyl (C=O) groups is 1. The fourth-order valence-electron chi connectivity index (χ4n) is 3.27. The van der Waals surface area contributed by atoms with E-state index in [0.29, 0.717) is 29.5 Å². The Hall–Kier alpha value is -2.56. The van der Waals surface area contributed by atoms with Gasteiger partial charge in [0.15, 0.2) is 0 Å². The van der Waals surface area contributed by atoms with E-state index in [1.807, 2.05) is 0 Å². The summed E-state index contributed by atoms with van der Waals surface area (Å²) in [5.41, 5.74) is 1.91. The first-order valence-electron chi connectivity index (χ1n) is 7.42. The molecule has 4 nitrogen and oxygen atoms in total. The van der Waals surface area contributed by atoms with Crippen LogP contribution < -0.4 is 0 Å². The second kappa shape index (κ2) is 5.57. The number of aromatic nitrogens is 2. The van der Waals surface area contributed by atoms with Gasteiger partial charge in [0.25, 0.3) is 0 Å². The van der Waals surface area contributed by atoms with Crippen LogP contribution >= 0.6 is 0 Å². The van der Waals surface area contributed by atoms with Crippen molar-refractivity contribution in [2.75, 3.05) is 0 Å². The van der Waals surface area contributed by atoms with Gasteiger partial charge in [-0.2, -0.15) is 0 Å². The molecule has 0 aliphatic heterocycles. The van der Waals surface area contributed by atoms with Gasteiger partial charge in [-0.3, -0.25) is 4.79 Å². The van der Waals surface area contributed by atoms with Gasteiger partial charge < -0.3 is 5.11 Å². The van der Waals surface area contributed by atoms with E-state index in [4.69, 9.17) is 0 Å². The van der Waals surface area contributed by atoms with Crippen LogP contribution in [-0.2, 0) is 10.2 Å². The summed E-state index contributed by atoms with van der Waals surface area (Å²) in [7, 11) is 0. The maximum Gasteiger partial charge on any atom is 0.318 e. The fraction of sp³-hybridized carbons (Fsp3) is 0.278. The summed E-state index contributed by atoms with van der Waals surface area (Å²) in [5.74, 6) is -1.30. The zero-order chi connectivity index (χ0) is 16.6. The van der Waals surface area contributed by atoms with Gasteiger partial charge in [-0.25, -0.2) is 14.4 Å². The van der Waals surface area contributed by atoms with Gasteiger partial charge in [0.05, 0.1) is 0 Å². The molecule has 3 rings (SSSR count). The molecule has 1 aromatic carbocycles. The second-order valence-electron chi connectivity index (χ2n) is 5.94. The third kappa shape index (κ3) is 2.42. The Balaban J connectivity index is 2.15. The molecule has 0 amide bonds. The summed E-state index contributed by atoms with van der Waals surface area (Å²) in [6, 6.07) is 3.36. The largest absolute Gasteiger partial charge is 0.480 e. The SMILES string of the molecule is Cc1ccc(C2(C(=O)O)C=C(c3cncnc3)CC2)c(C)c1F. The molecule has 0 radical (unpaired) electrons. The number of rotatable bonds is 3. The van der Waals surface area contributed by atoms with Crippen LogP contribution in [0.1, 0.15) is 35.1 Å². The van der Waals surface area contributed by atoms with E-state index in [-0.39, 0.29) is 5.82 Å². The molecular weight excluding hydrogens is 295 g/mol. The lowest BCUT2D eigenvalue weighted by Gasteiger charge is -2.25. The number of carboxylic acids is 1. The molecule has 1 heterocycles. The molecule has 1 unspecified atom stereocenters. The van der Waals surface area contributed by atoms with Crippen molar-refractivity contribution in [1.29, 1.82) is 0 Å². The number of nitrogens with zero attached hydrogens (tertiary/aromatic N) is 2. The predicted molar refractivity (Wildman–Crippen MR) is 84.4 cm³/mol. The van der Waals surface area contributed by atoms with E-state index in [1.165, 1.54) is 6.33 Å². The molecule has 1 aliphatic rings. The normalized spacial score (nSPS) is 20.4. The molecular formula is C18H17FN2O2. The zero-order valence-corrected chi connectivity index (χ0v) is 13.0. The highest BCUT2D eigenvalue weighted by molar-refractivity contribution is 5.90. The molecule has 23 heavy (non-hydrogen) atoms. The van der Waals surface area contributed by atoms with Crippen molar-refractivity contribution in [2.45, 2.75) is 32.1 Å². The molecule has 1 atom stereocenters. The van der Waals surface area contributed by atoms with E-state index in [2.05, 4.69) is 9.97 Å². The number of aliphatic carboxylic acids is 1. The summed E-state index contributed by atoms with van der Waals surface area (Å²) in [6.45, 7) is 3.32. The third-order valence-corrected chi connectivity index (χ3v) is 4.58. The number of hydrogen-bond acceptors (Lipinski definition) is 3. The molecule has 118 valence electrons. The van der Waals surface area contributed by atoms with Gasteiger partial charge >= 0.3 is 5.97 Å². The fourth-order valence-corrected chi connectivity index (χ4v) is 3.27. The number of aryl methyl sites for hydroxylation is 1. The van der Waals surface area contributed by atoms with Crippen molar-refractivity contribution < 1.29 is 14.3 Å². The number of allylic oxidation sites excluding steroid dienone is 1. The molecule has 1 aliphatic carbocycles. The van der Waals surface area contributed by atoms with E-state index >= 15 is 0 Å². The quantitative estimate of drug-likeness (QED) is 0.943. The predicted octanol–water partition coefficient (Wildman–Crippen LogP) is 3.43. The van der Waals surface area contributed by atoms with Crippen molar-refractivity contribution in [1.82, 2.24) is 9.97 Å². The third-order valence-electron chi connectivity index (χ3n) is 4.58. The summed E-state index contributed by atoms with van der Waals surface area (Å²) in [6.07, 6.45) is 7.48. The van der Waals surface area contributed by atoms with Crippen LogP contribution in [-0.4, -0.2) is 21.0 Å².